The highest BCUT2D eigenvalue weighted by Gasteiger charge is 2.35. The van der Waals surface area contributed by atoms with Gasteiger partial charge in [-0.1, -0.05) is 0 Å². The fraction of sp³-hybridized carbons (Fsp3) is 1.00. The maximum atomic E-state index is 9.31. The minimum atomic E-state index is 0.365. The first kappa shape index (κ1) is 16.7. The molecular weight excluding hydrogens is 274 g/mol. The van der Waals surface area contributed by atoms with Gasteiger partial charge in [0.2, 0.25) is 0 Å². The number of aliphatic hydroxyl groups excluding tert-OH is 1. The molecule has 3 fully saturated rings. The average molecular weight is 309 g/mol. The highest BCUT2D eigenvalue weighted by Crippen LogP contribution is 2.43. The molecule has 1 spiro atoms. The molecule has 22 heavy (non-hydrogen) atoms. The number of hydrogen-bond donors (Lipinski definition) is 3. The summed E-state index contributed by atoms with van der Waals surface area (Å²) < 4.78 is 0. The molecule has 128 valence electrons. The summed E-state index contributed by atoms with van der Waals surface area (Å²) >= 11 is 0. The van der Waals surface area contributed by atoms with Crippen molar-refractivity contribution in [3.05, 3.63) is 0 Å². The third kappa shape index (κ3) is 4.44. The molecule has 0 aromatic carbocycles. The molecule has 0 radical (unpaired) electrons. The summed E-state index contributed by atoms with van der Waals surface area (Å²) in [7, 11) is 0. The number of likely N-dealkylation sites (tertiary alicyclic amines) is 1. The Morgan fingerprint density at radius 2 is 1.86 bits per heavy atom. The second kappa shape index (κ2) is 8.09. The first-order valence-corrected chi connectivity index (χ1v) is 9.57. The molecular formula is C18H35N3O. The van der Waals surface area contributed by atoms with Gasteiger partial charge in [0.05, 0.1) is 0 Å². The number of nitrogens with one attached hydrogen (secondary N) is 2. The van der Waals surface area contributed by atoms with E-state index < -0.39 is 0 Å². The third-order valence-corrected chi connectivity index (χ3v) is 6.43. The molecule has 1 atom stereocenters. The zero-order valence-corrected chi connectivity index (χ0v) is 14.2. The summed E-state index contributed by atoms with van der Waals surface area (Å²) in [5, 5.41) is 16.6. The van der Waals surface area contributed by atoms with E-state index in [2.05, 4.69) is 15.5 Å². The molecule has 3 N–H and O–H groups in total. The lowest BCUT2D eigenvalue weighted by molar-refractivity contribution is 0.107. The molecule has 3 rings (SSSR count). The molecule has 2 aliphatic heterocycles. The number of nitrogens with zero attached hydrogens (tertiary/aromatic N) is 1. The van der Waals surface area contributed by atoms with Crippen LogP contribution in [0.25, 0.3) is 0 Å². The predicted octanol–water partition coefficient (Wildman–Crippen LogP) is 1.59. The normalized spacial score (nSPS) is 30.7. The van der Waals surface area contributed by atoms with Gasteiger partial charge in [-0.2, -0.15) is 0 Å². The molecule has 1 aliphatic carbocycles. The van der Waals surface area contributed by atoms with Crippen LogP contribution in [0.5, 0.6) is 0 Å². The first-order valence-electron chi connectivity index (χ1n) is 9.57. The first-order chi connectivity index (χ1) is 10.8. The Morgan fingerprint density at radius 3 is 2.59 bits per heavy atom. The predicted molar refractivity (Wildman–Crippen MR) is 91.0 cm³/mol. The Morgan fingerprint density at radius 1 is 1.09 bits per heavy atom. The van der Waals surface area contributed by atoms with Gasteiger partial charge in [0.25, 0.3) is 0 Å². The van der Waals surface area contributed by atoms with E-state index in [1.807, 2.05) is 0 Å². The average Bonchev–Trinajstić information content (AvgIpc) is 2.58. The van der Waals surface area contributed by atoms with Gasteiger partial charge in [-0.25, -0.2) is 0 Å². The van der Waals surface area contributed by atoms with Gasteiger partial charge in [-0.3, -0.25) is 0 Å². The van der Waals surface area contributed by atoms with E-state index in [1.54, 1.807) is 0 Å². The molecule has 2 saturated heterocycles. The Kier molecular flexibility index (Phi) is 6.14. The van der Waals surface area contributed by atoms with Crippen molar-refractivity contribution in [3.8, 4) is 0 Å². The second-order valence-corrected chi connectivity index (χ2v) is 7.97. The largest absolute Gasteiger partial charge is 0.396 e. The Hall–Kier alpha value is -0.160. The second-order valence-electron chi connectivity index (χ2n) is 7.97. The van der Waals surface area contributed by atoms with Crippen molar-refractivity contribution in [1.29, 1.82) is 0 Å². The van der Waals surface area contributed by atoms with Crippen LogP contribution in [-0.4, -0.2) is 61.9 Å². The molecule has 0 aromatic rings. The summed E-state index contributed by atoms with van der Waals surface area (Å²) in [6.45, 7) is 7.43. The van der Waals surface area contributed by atoms with Crippen molar-refractivity contribution in [2.75, 3.05) is 45.9 Å². The maximum absolute atomic E-state index is 9.31. The lowest BCUT2D eigenvalue weighted by atomic mass is 9.67. The molecule has 4 nitrogen and oxygen atoms in total. The quantitative estimate of drug-likeness (QED) is 0.722. The highest BCUT2D eigenvalue weighted by atomic mass is 16.3. The molecule has 1 saturated carbocycles. The molecule has 0 amide bonds. The lowest BCUT2D eigenvalue weighted by Gasteiger charge is -2.43. The van der Waals surface area contributed by atoms with Crippen LogP contribution in [0.3, 0.4) is 0 Å². The Balaban J connectivity index is 1.32. The summed E-state index contributed by atoms with van der Waals surface area (Å²) in [5.74, 6) is 0.517. The van der Waals surface area contributed by atoms with E-state index in [4.69, 9.17) is 0 Å². The van der Waals surface area contributed by atoms with Gasteiger partial charge in [0, 0.05) is 32.3 Å². The van der Waals surface area contributed by atoms with Crippen LogP contribution >= 0.6 is 0 Å². The maximum Gasteiger partial charge on any atom is 0.0471 e. The molecule has 0 bridgehead atoms. The standard InChI is InChI=1S/C18H35N3O/c22-15-16-2-1-12-21(14-16)13-11-20-17-3-5-18(6-4-17)7-9-19-10-8-18/h16-17,19-20,22H,1-15H2. The molecule has 4 heteroatoms. The molecule has 2 heterocycles. The van der Waals surface area contributed by atoms with Crippen molar-refractivity contribution in [1.82, 2.24) is 15.5 Å². The van der Waals surface area contributed by atoms with Crippen LogP contribution in [0.4, 0.5) is 0 Å². The molecule has 1 unspecified atom stereocenters. The Labute approximate surface area is 136 Å². The van der Waals surface area contributed by atoms with Gasteiger partial charge in [-0.15, -0.1) is 0 Å². The third-order valence-electron chi connectivity index (χ3n) is 6.43. The fourth-order valence-electron chi connectivity index (χ4n) is 4.82. The van der Waals surface area contributed by atoms with Gasteiger partial charge >= 0.3 is 0 Å². The zero-order valence-electron chi connectivity index (χ0n) is 14.2. The van der Waals surface area contributed by atoms with E-state index in [0.717, 1.165) is 25.7 Å². The lowest BCUT2D eigenvalue weighted by Crippen LogP contribution is -2.45. The van der Waals surface area contributed by atoms with Crippen molar-refractivity contribution in [3.63, 3.8) is 0 Å². The Bertz CT molecular complexity index is 320. The monoisotopic (exact) mass is 309 g/mol. The van der Waals surface area contributed by atoms with E-state index in [1.165, 1.54) is 71.0 Å². The van der Waals surface area contributed by atoms with Crippen molar-refractivity contribution in [2.24, 2.45) is 11.3 Å². The summed E-state index contributed by atoms with van der Waals surface area (Å²) in [4.78, 5) is 2.54. The van der Waals surface area contributed by atoms with Crippen LogP contribution in [0.2, 0.25) is 0 Å². The van der Waals surface area contributed by atoms with Crippen LogP contribution in [0.15, 0.2) is 0 Å². The van der Waals surface area contributed by atoms with E-state index in [0.29, 0.717) is 17.9 Å². The van der Waals surface area contributed by atoms with Crippen LogP contribution in [-0.2, 0) is 0 Å². The zero-order chi connectivity index (χ0) is 15.3. The van der Waals surface area contributed by atoms with E-state index in [9.17, 15) is 5.11 Å². The number of hydrogen-bond acceptors (Lipinski definition) is 4. The summed E-state index contributed by atoms with van der Waals surface area (Å²) in [6.07, 6.45) is 10.9. The number of piperidine rings is 2. The SMILES string of the molecule is OCC1CCCN(CCNC2CCC3(CCNCC3)CC2)C1. The summed E-state index contributed by atoms with van der Waals surface area (Å²) in [5.41, 5.74) is 0.685. The topological polar surface area (TPSA) is 47.5 Å². The molecule has 0 aromatic heterocycles. The van der Waals surface area contributed by atoms with Crippen LogP contribution in [0.1, 0.15) is 51.4 Å². The van der Waals surface area contributed by atoms with Crippen molar-refractivity contribution in [2.45, 2.75) is 57.4 Å². The fourth-order valence-corrected chi connectivity index (χ4v) is 4.82. The van der Waals surface area contributed by atoms with Gasteiger partial charge in [0.15, 0.2) is 0 Å². The van der Waals surface area contributed by atoms with E-state index in [-0.39, 0.29) is 0 Å². The molecule has 3 aliphatic rings. The number of aliphatic hydroxyl groups is 1. The van der Waals surface area contributed by atoms with Gasteiger partial charge in [-0.05, 0) is 82.3 Å². The smallest absolute Gasteiger partial charge is 0.0471 e. The van der Waals surface area contributed by atoms with Gasteiger partial charge in [0.1, 0.15) is 0 Å². The van der Waals surface area contributed by atoms with Crippen LogP contribution < -0.4 is 10.6 Å². The minimum Gasteiger partial charge on any atom is -0.396 e. The van der Waals surface area contributed by atoms with Crippen molar-refractivity contribution < 1.29 is 5.11 Å². The minimum absolute atomic E-state index is 0.365. The summed E-state index contributed by atoms with van der Waals surface area (Å²) in [6, 6.07) is 0.749. The highest BCUT2D eigenvalue weighted by molar-refractivity contribution is 4.91. The van der Waals surface area contributed by atoms with Crippen LogP contribution in [0, 0.1) is 11.3 Å². The van der Waals surface area contributed by atoms with Crippen molar-refractivity contribution >= 4 is 0 Å². The van der Waals surface area contributed by atoms with E-state index >= 15 is 0 Å². The number of rotatable bonds is 5. The van der Waals surface area contributed by atoms with Gasteiger partial charge < -0.3 is 20.6 Å².